The summed E-state index contributed by atoms with van der Waals surface area (Å²) in [6.07, 6.45) is 0. The van der Waals surface area contributed by atoms with Crippen LogP contribution in [0.5, 0.6) is 0 Å². The van der Waals surface area contributed by atoms with Gasteiger partial charge in [-0.3, -0.25) is 0 Å². The van der Waals surface area contributed by atoms with Crippen LogP contribution in [0.4, 0.5) is 0 Å². The first kappa shape index (κ1) is 8.56. The monoisotopic (exact) mass is 240 g/mol. The first-order valence-corrected chi connectivity index (χ1v) is 4.76. The number of hydrogen-bond acceptors (Lipinski definition) is 3. The van der Waals surface area contributed by atoms with Crippen LogP contribution < -0.4 is 5.73 Å². The van der Waals surface area contributed by atoms with Crippen LogP contribution in [0, 0.1) is 0 Å². The molecule has 4 heteroatoms. The molecule has 0 unspecified atom stereocenters. The number of rotatable bonds is 1. The van der Waals surface area contributed by atoms with E-state index in [0.717, 1.165) is 10.0 Å². The van der Waals surface area contributed by atoms with Gasteiger partial charge in [-0.25, -0.2) is 4.99 Å². The maximum Gasteiger partial charge on any atom is 0.282 e. The molecule has 0 saturated carbocycles. The van der Waals surface area contributed by atoms with Crippen LogP contribution in [-0.4, -0.2) is 12.6 Å². The third-order valence-corrected chi connectivity index (χ3v) is 2.46. The van der Waals surface area contributed by atoms with Gasteiger partial charge in [0.05, 0.1) is 0 Å². The summed E-state index contributed by atoms with van der Waals surface area (Å²) in [6, 6.07) is 8.35. The molecule has 0 radical (unpaired) electrons. The van der Waals surface area contributed by atoms with Crippen LogP contribution in [0.1, 0.15) is 11.6 Å². The Bertz CT molecular complexity index is 334. The van der Waals surface area contributed by atoms with E-state index in [4.69, 9.17) is 10.5 Å². The lowest BCUT2D eigenvalue weighted by Crippen LogP contribution is -2.10. The van der Waals surface area contributed by atoms with Crippen LogP contribution >= 0.6 is 15.9 Å². The number of ether oxygens (including phenoxy) is 1. The molecular weight excluding hydrogens is 232 g/mol. The molecule has 1 heterocycles. The molecule has 0 aromatic heterocycles. The molecule has 0 bridgehead atoms. The Morgan fingerprint density at radius 2 is 2.08 bits per heavy atom. The second-order valence-corrected chi connectivity index (χ2v) is 3.76. The summed E-state index contributed by atoms with van der Waals surface area (Å²) in [6.45, 7) is 0.549. The third-order valence-electron chi connectivity index (χ3n) is 1.93. The molecule has 2 N–H and O–H groups in total. The zero-order valence-corrected chi connectivity index (χ0v) is 8.49. The van der Waals surface area contributed by atoms with Gasteiger partial charge in [-0.2, -0.15) is 0 Å². The summed E-state index contributed by atoms with van der Waals surface area (Å²) in [7, 11) is 0. The molecule has 3 nitrogen and oxygen atoms in total. The van der Waals surface area contributed by atoms with Gasteiger partial charge in [0.15, 0.2) is 0 Å². The van der Waals surface area contributed by atoms with Gasteiger partial charge in [-0.15, -0.1) is 0 Å². The molecule has 0 amide bonds. The lowest BCUT2D eigenvalue weighted by atomic mass is 10.1. The van der Waals surface area contributed by atoms with Crippen LogP contribution in [0.2, 0.25) is 0 Å². The fourth-order valence-corrected chi connectivity index (χ4v) is 1.51. The van der Waals surface area contributed by atoms with Crippen LogP contribution in [0.25, 0.3) is 0 Å². The predicted molar refractivity (Wildman–Crippen MR) is 54.5 cm³/mol. The minimum Gasteiger partial charge on any atom is -0.463 e. The van der Waals surface area contributed by atoms with Gasteiger partial charge < -0.3 is 10.5 Å². The summed E-state index contributed by atoms with van der Waals surface area (Å²) in [5.74, 6) is 0. The van der Waals surface area contributed by atoms with Crippen molar-refractivity contribution in [3.8, 4) is 0 Å². The lowest BCUT2D eigenvalue weighted by Gasteiger charge is -2.04. The quantitative estimate of drug-likeness (QED) is 0.815. The highest BCUT2D eigenvalue weighted by atomic mass is 79.9. The van der Waals surface area contributed by atoms with E-state index in [1.807, 2.05) is 24.3 Å². The van der Waals surface area contributed by atoms with Crippen LogP contribution in [0.15, 0.2) is 33.7 Å². The first-order valence-electron chi connectivity index (χ1n) is 3.97. The average Bonchev–Trinajstić information content (AvgIpc) is 2.53. The highest BCUT2D eigenvalue weighted by molar-refractivity contribution is 9.10. The number of hydrogen-bond donors (Lipinski definition) is 1. The maximum atomic E-state index is 5.41. The van der Waals surface area contributed by atoms with Crippen molar-refractivity contribution < 1.29 is 4.74 Å². The Hall–Kier alpha value is -1.03. The van der Waals surface area contributed by atoms with Crippen molar-refractivity contribution in [2.24, 2.45) is 10.7 Å². The van der Waals surface area contributed by atoms with Gasteiger partial charge in [0.2, 0.25) is 0 Å². The standard InChI is InChI=1S/C9H9BrN2O/c10-7-3-1-6(2-4-7)8-5-13-9(11)12-8/h1-4,8H,5H2,(H2,11,12)/t8-/m0/s1. The van der Waals surface area contributed by atoms with E-state index in [0.29, 0.717) is 6.61 Å². The SMILES string of the molecule is NC1=N[C@H](c2ccc(Br)cc2)CO1. The molecule has 68 valence electrons. The highest BCUT2D eigenvalue weighted by Gasteiger charge is 2.17. The van der Waals surface area contributed by atoms with Crippen molar-refractivity contribution in [3.05, 3.63) is 34.3 Å². The molecule has 1 aromatic rings. The van der Waals surface area contributed by atoms with Crippen LogP contribution in [-0.2, 0) is 4.74 Å². The Labute approximate surface area is 84.7 Å². The minimum absolute atomic E-state index is 0.0631. The summed E-state index contributed by atoms with van der Waals surface area (Å²) < 4.78 is 6.13. The van der Waals surface area contributed by atoms with Crippen molar-refractivity contribution in [2.45, 2.75) is 6.04 Å². The second-order valence-electron chi connectivity index (χ2n) is 2.85. The molecule has 1 atom stereocenters. The van der Waals surface area contributed by atoms with Gasteiger partial charge in [0.25, 0.3) is 6.02 Å². The molecule has 1 aromatic carbocycles. The Morgan fingerprint density at radius 3 is 2.62 bits per heavy atom. The Balaban J connectivity index is 2.22. The Morgan fingerprint density at radius 1 is 1.38 bits per heavy atom. The highest BCUT2D eigenvalue weighted by Crippen LogP contribution is 2.23. The maximum absolute atomic E-state index is 5.41. The van der Waals surface area contributed by atoms with Crippen LogP contribution in [0.3, 0.4) is 0 Å². The van der Waals surface area contributed by atoms with Gasteiger partial charge in [-0.1, -0.05) is 28.1 Å². The van der Waals surface area contributed by atoms with Gasteiger partial charge >= 0.3 is 0 Å². The van der Waals surface area contributed by atoms with E-state index >= 15 is 0 Å². The topological polar surface area (TPSA) is 47.6 Å². The van der Waals surface area contributed by atoms with E-state index in [9.17, 15) is 0 Å². The van der Waals surface area contributed by atoms with E-state index < -0.39 is 0 Å². The summed E-state index contributed by atoms with van der Waals surface area (Å²) in [4.78, 5) is 4.15. The molecule has 1 aliphatic heterocycles. The number of amidine groups is 1. The normalized spacial score (nSPS) is 21.0. The molecule has 0 aliphatic carbocycles. The molecular formula is C9H9BrN2O. The first-order chi connectivity index (χ1) is 6.25. The molecule has 0 saturated heterocycles. The third kappa shape index (κ3) is 1.83. The van der Waals surface area contributed by atoms with Crippen molar-refractivity contribution >= 4 is 22.0 Å². The summed E-state index contributed by atoms with van der Waals surface area (Å²) in [5.41, 5.74) is 6.54. The van der Waals surface area contributed by atoms with E-state index in [2.05, 4.69) is 20.9 Å². The van der Waals surface area contributed by atoms with Crippen molar-refractivity contribution in [2.75, 3.05) is 6.61 Å². The fraction of sp³-hybridized carbons (Fsp3) is 0.222. The predicted octanol–water partition coefficient (Wildman–Crippen LogP) is 1.84. The largest absolute Gasteiger partial charge is 0.463 e. The molecule has 0 spiro atoms. The molecule has 1 aliphatic rings. The van der Waals surface area contributed by atoms with Gasteiger partial charge in [0, 0.05) is 4.47 Å². The Kier molecular flexibility index (Phi) is 2.22. The zero-order valence-electron chi connectivity index (χ0n) is 6.90. The van der Waals surface area contributed by atoms with Gasteiger partial charge in [0.1, 0.15) is 12.6 Å². The number of aliphatic imine (C=N–C) groups is 1. The summed E-state index contributed by atoms with van der Waals surface area (Å²) >= 11 is 3.37. The van der Waals surface area contributed by atoms with E-state index in [-0.39, 0.29) is 12.1 Å². The second kappa shape index (κ2) is 3.38. The molecule has 13 heavy (non-hydrogen) atoms. The fourth-order valence-electron chi connectivity index (χ4n) is 1.25. The molecule has 0 fully saturated rings. The summed E-state index contributed by atoms with van der Waals surface area (Å²) in [5, 5.41) is 0. The van der Waals surface area contributed by atoms with Crippen molar-refractivity contribution in [1.82, 2.24) is 0 Å². The lowest BCUT2D eigenvalue weighted by molar-refractivity contribution is 0.315. The minimum atomic E-state index is 0.0631. The zero-order chi connectivity index (χ0) is 9.26. The van der Waals surface area contributed by atoms with Gasteiger partial charge in [-0.05, 0) is 17.7 Å². The number of benzene rings is 1. The average molecular weight is 241 g/mol. The van der Waals surface area contributed by atoms with E-state index in [1.165, 1.54) is 0 Å². The number of nitrogens with zero attached hydrogens (tertiary/aromatic N) is 1. The smallest absolute Gasteiger partial charge is 0.282 e. The van der Waals surface area contributed by atoms with Crippen molar-refractivity contribution in [3.63, 3.8) is 0 Å². The van der Waals surface area contributed by atoms with Crippen molar-refractivity contribution in [1.29, 1.82) is 0 Å². The number of halogens is 1. The van der Waals surface area contributed by atoms with E-state index in [1.54, 1.807) is 0 Å². The number of nitrogens with two attached hydrogens (primary N) is 1. The molecule has 2 rings (SSSR count).